The average Bonchev–Trinajstić information content (AvgIpc) is 2.64. The number of alkyl halides is 3. The van der Waals surface area contributed by atoms with Crippen molar-refractivity contribution in [2.75, 3.05) is 6.61 Å². The second-order valence-electron chi connectivity index (χ2n) is 6.99. The van der Waals surface area contributed by atoms with Crippen molar-refractivity contribution < 1.29 is 27.5 Å². The number of ether oxygens (including phenoxy) is 1. The molecule has 1 aliphatic carbocycles. The van der Waals surface area contributed by atoms with Gasteiger partial charge in [-0.25, -0.2) is 4.79 Å². The van der Waals surface area contributed by atoms with Gasteiger partial charge in [-0.15, -0.1) is 0 Å². The summed E-state index contributed by atoms with van der Waals surface area (Å²) in [5.74, 6) is -2.02. The zero-order valence-corrected chi connectivity index (χ0v) is 15.8. The summed E-state index contributed by atoms with van der Waals surface area (Å²) in [5, 5.41) is 3.07. The number of nitrogens with one attached hydrogen (secondary N) is 1. The first-order valence-electron chi connectivity index (χ1n) is 9.33. The van der Waals surface area contributed by atoms with E-state index in [0.29, 0.717) is 30.7 Å². The Hall–Kier alpha value is -2.57. The second kappa shape index (κ2) is 7.81. The largest absolute Gasteiger partial charge is 0.462 e. The van der Waals surface area contributed by atoms with Crippen molar-refractivity contribution in [1.82, 2.24) is 5.32 Å². The Morgan fingerprint density at radius 2 is 1.96 bits per heavy atom. The van der Waals surface area contributed by atoms with Gasteiger partial charge in [0.25, 0.3) is 0 Å². The zero-order valence-electron chi connectivity index (χ0n) is 15.8. The maximum absolute atomic E-state index is 13.7. The van der Waals surface area contributed by atoms with Crippen molar-refractivity contribution in [3.05, 3.63) is 57.9 Å². The number of carbonyl (C=O) groups excluding carboxylic acids is 2. The number of dihydropyridines is 1. The molecular weight excluding hydrogens is 371 g/mol. The van der Waals surface area contributed by atoms with Crippen molar-refractivity contribution in [3.8, 4) is 0 Å². The number of benzene rings is 1. The molecule has 0 amide bonds. The van der Waals surface area contributed by atoms with Gasteiger partial charge in [-0.05, 0) is 37.8 Å². The van der Waals surface area contributed by atoms with Gasteiger partial charge >= 0.3 is 12.1 Å². The van der Waals surface area contributed by atoms with E-state index in [-0.39, 0.29) is 35.5 Å². The summed E-state index contributed by atoms with van der Waals surface area (Å²) in [4.78, 5) is 25.5. The highest BCUT2D eigenvalue weighted by molar-refractivity contribution is 6.03. The van der Waals surface area contributed by atoms with E-state index in [0.717, 1.165) is 6.07 Å². The molecule has 0 saturated carbocycles. The van der Waals surface area contributed by atoms with Gasteiger partial charge in [0.2, 0.25) is 0 Å². The van der Waals surface area contributed by atoms with E-state index in [1.807, 2.05) is 6.92 Å². The number of carbonyl (C=O) groups is 2. The Morgan fingerprint density at radius 1 is 1.25 bits per heavy atom. The quantitative estimate of drug-likeness (QED) is 0.758. The van der Waals surface area contributed by atoms with Crippen LogP contribution in [0.2, 0.25) is 0 Å². The van der Waals surface area contributed by atoms with E-state index in [4.69, 9.17) is 4.74 Å². The standard InChI is InChI=1S/C21H22F3NO3/c1-3-11-28-20(27)17-12(2)25-15-9-6-10-16(26)19(15)18(17)13-7-4-5-8-14(13)21(22,23)24/h4-5,7-8,18,25H,3,6,9-11H2,1-2H3/t18-/m1/s1. The Morgan fingerprint density at radius 3 is 2.64 bits per heavy atom. The summed E-state index contributed by atoms with van der Waals surface area (Å²) in [5.41, 5.74) is 0.401. The molecule has 1 aromatic rings. The normalized spacial score (nSPS) is 20.0. The lowest BCUT2D eigenvalue weighted by Gasteiger charge is -2.35. The highest BCUT2D eigenvalue weighted by Crippen LogP contribution is 2.46. The molecule has 1 heterocycles. The Labute approximate surface area is 161 Å². The fraction of sp³-hybridized carbons (Fsp3) is 0.429. The van der Waals surface area contributed by atoms with Crippen LogP contribution >= 0.6 is 0 Å². The van der Waals surface area contributed by atoms with Crippen molar-refractivity contribution >= 4 is 11.8 Å². The van der Waals surface area contributed by atoms with E-state index >= 15 is 0 Å². The van der Waals surface area contributed by atoms with Crippen LogP contribution in [0.5, 0.6) is 0 Å². The molecule has 3 rings (SSSR count). The van der Waals surface area contributed by atoms with E-state index in [1.54, 1.807) is 6.92 Å². The van der Waals surface area contributed by atoms with Crippen LogP contribution < -0.4 is 5.32 Å². The molecule has 150 valence electrons. The van der Waals surface area contributed by atoms with E-state index in [1.165, 1.54) is 18.2 Å². The van der Waals surface area contributed by atoms with E-state index in [9.17, 15) is 22.8 Å². The lowest BCUT2D eigenvalue weighted by atomic mass is 9.74. The van der Waals surface area contributed by atoms with Crippen molar-refractivity contribution in [2.45, 2.75) is 51.6 Å². The molecule has 28 heavy (non-hydrogen) atoms. The van der Waals surface area contributed by atoms with Crippen LogP contribution in [-0.2, 0) is 20.5 Å². The van der Waals surface area contributed by atoms with Crippen LogP contribution in [0.1, 0.15) is 56.6 Å². The predicted octanol–water partition coefficient (Wildman–Crippen LogP) is 4.63. The van der Waals surface area contributed by atoms with Crippen LogP contribution in [0.15, 0.2) is 46.8 Å². The van der Waals surface area contributed by atoms with Gasteiger partial charge in [-0.2, -0.15) is 13.2 Å². The first-order chi connectivity index (χ1) is 13.3. The van der Waals surface area contributed by atoms with Crippen molar-refractivity contribution in [3.63, 3.8) is 0 Å². The maximum atomic E-state index is 13.7. The number of hydrogen-bond donors (Lipinski definition) is 1. The Bertz CT molecular complexity index is 868. The minimum atomic E-state index is -4.60. The smallest absolute Gasteiger partial charge is 0.416 e. The van der Waals surface area contributed by atoms with Gasteiger partial charge in [-0.1, -0.05) is 25.1 Å². The summed E-state index contributed by atoms with van der Waals surface area (Å²) >= 11 is 0. The van der Waals surface area contributed by atoms with Crippen LogP contribution in [-0.4, -0.2) is 18.4 Å². The zero-order chi connectivity index (χ0) is 20.5. The summed E-state index contributed by atoms with van der Waals surface area (Å²) in [6, 6.07) is 5.11. The fourth-order valence-corrected chi connectivity index (χ4v) is 3.84. The monoisotopic (exact) mass is 393 g/mol. The minimum absolute atomic E-state index is 0.0687. The molecule has 0 bridgehead atoms. The molecule has 1 aliphatic heterocycles. The highest BCUT2D eigenvalue weighted by Gasteiger charge is 2.43. The number of halogens is 3. The Kier molecular flexibility index (Phi) is 5.63. The minimum Gasteiger partial charge on any atom is -0.462 e. The number of Topliss-reactive ketones (excluding diaryl/α,β-unsaturated/α-hetero) is 1. The molecule has 7 heteroatoms. The fourth-order valence-electron chi connectivity index (χ4n) is 3.84. The number of rotatable bonds is 4. The number of ketones is 1. The van der Waals surface area contributed by atoms with Gasteiger partial charge in [0.1, 0.15) is 0 Å². The number of allylic oxidation sites excluding steroid dienone is 3. The van der Waals surface area contributed by atoms with Crippen LogP contribution in [0, 0.1) is 0 Å². The van der Waals surface area contributed by atoms with Gasteiger partial charge < -0.3 is 10.1 Å². The molecule has 1 aromatic carbocycles. The van der Waals surface area contributed by atoms with Gasteiger partial charge in [0, 0.05) is 29.3 Å². The van der Waals surface area contributed by atoms with Crippen molar-refractivity contribution in [1.29, 1.82) is 0 Å². The van der Waals surface area contributed by atoms with Crippen LogP contribution in [0.25, 0.3) is 0 Å². The lowest BCUT2D eigenvalue weighted by Crippen LogP contribution is -2.35. The first kappa shape index (κ1) is 20.2. The third-order valence-corrected chi connectivity index (χ3v) is 5.01. The van der Waals surface area contributed by atoms with Crippen LogP contribution in [0.3, 0.4) is 0 Å². The molecule has 1 N–H and O–H groups in total. The van der Waals surface area contributed by atoms with E-state index in [2.05, 4.69) is 5.32 Å². The van der Waals surface area contributed by atoms with Gasteiger partial charge in [-0.3, -0.25) is 4.79 Å². The van der Waals surface area contributed by atoms with Crippen molar-refractivity contribution in [2.24, 2.45) is 0 Å². The number of esters is 1. The third kappa shape index (κ3) is 3.70. The lowest BCUT2D eigenvalue weighted by molar-refractivity contribution is -0.141. The van der Waals surface area contributed by atoms with E-state index < -0.39 is 23.6 Å². The summed E-state index contributed by atoms with van der Waals surface area (Å²) in [7, 11) is 0. The summed E-state index contributed by atoms with van der Waals surface area (Å²) < 4.78 is 46.4. The second-order valence-corrected chi connectivity index (χ2v) is 6.99. The van der Waals surface area contributed by atoms with Crippen LogP contribution in [0.4, 0.5) is 13.2 Å². The molecule has 0 radical (unpaired) electrons. The first-order valence-corrected chi connectivity index (χ1v) is 9.33. The molecule has 0 saturated heterocycles. The molecule has 0 unspecified atom stereocenters. The molecule has 0 fully saturated rings. The Balaban J connectivity index is 2.22. The molecule has 0 aromatic heterocycles. The predicted molar refractivity (Wildman–Crippen MR) is 97.2 cm³/mol. The summed E-state index contributed by atoms with van der Waals surface area (Å²) in [6.45, 7) is 3.62. The maximum Gasteiger partial charge on any atom is 0.416 e. The molecular formula is C21H22F3NO3. The SMILES string of the molecule is CCCOC(=O)C1=C(C)NC2=C(C(=O)CCC2)[C@@H]1c1ccccc1C(F)(F)F. The molecule has 0 spiro atoms. The van der Waals surface area contributed by atoms with Gasteiger partial charge in [0.05, 0.1) is 17.7 Å². The molecule has 1 atom stereocenters. The molecule has 2 aliphatic rings. The average molecular weight is 393 g/mol. The third-order valence-electron chi connectivity index (χ3n) is 5.01. The summed E-state index contributed by atoms with van der Waals surface area (Å²) in [6.07, 6.45) is -2.59. The highest BCUT2D eigenvalue weighted by atomic mass is 19.4. The number of hydrogen-bond acceptors (Lipinski definition) is 4. The van der Waals surface area contributed by atoms with Gasteiger partial charge in [0.15, 0.2) is 5.78 Å². The topological polar surface area (TPSA) is 55.4 Å². The molecule has 4 nitrogen and oxygen atoms in total.